The van der Waals surface area contributed by atoms with E-state index in [4.69, 9.17) is 4.74 Å². The Balaban J connectivity index is 1.37. The van der Waals surface area contributed by atoms with Crippen LogP contribution in [0.25, 0.3) is 0 Å². The Kier molecular flexibility index (Phi) is 5.60. The summed E-state index contributed by atoms with van der Waals surface area (Å²) in [6.45, 7) is 2.00. The van der Waals surface area contributed by atoms with Gasteiger partial charge in [0, 0.05) is 38.0 Å². The van der Waals surface area contributed by atoms with Gasteiger partial charge in [0.15, 0.2) is 0 Å². The number of hydrogen-bond acceptors (Lipinski definition) is 4. The van der Waals surface area contributed by atoms with Gasteiger partial charge in [-0.2, -0.15) is 0 Å². The van der Waals surface area contributed by atoms with Crippen LogP contribution in [0.15, 0.2) is 48.5 Å². The lowest BCUT2D eigenvalue weighted by molar-refractivity contribution is -0.127. The Labute approximate surface area is 169 Å². The average Bonchev–Trinajstić information content (AvgIpc) is 3.16. The number of esters is 1. The van der Waals surface area contributed by atoms with Gasteiger partial charge in [-0.15, -0.1) is 0 Å². The predicted molar refractivity (Wildman–Crippen MR) is 108 cm³/mol. The molecule has 1 atom stereocenters. The topological polar surface area (TPSA) is 75.7 Å². The Morgan fingerprint density at radius 1 is 1.14 bits per heavy atom. The van der Waals surface area contributed by atoms with E-state index in [1.165, 1.54) is 0 Å². The summed E-state index contributed by atoms with van der Waals surface area (Å²) in [5.41, 5.74) is 2.81. The number of hydrogen-bond donors (Lipinski definition) is 1. The largest absolute Gasteiger partial charge is 0.454 e. The Morgan fingerprint density at radius 3 is 2.72 bits per heavy atom. The first-order chi connectivity index (χ1) is 14.1. The molecule has 2 heterocycles. The van der Waals surface area contributed by atoms with Gasteiger partial charge < -0.3 is 15.0 Å². The molecule has 0 bridgehead atoms. The van der Waals surface area contributed by atoms with Crippen LogP contribution in [0.5, 0.6) is 0 Å². The predicted octanol–water partition coefficient (Wildman–Crippen LogP) is 2.88. The zero-order chi connectivity index (χ0) is 20.2. The van der Waals surface area contributed by atoms with E-state index >= 15 is 0 Å². The van der Waals surface area contributed by atoms with Crippen molar-refractivity contribution >= 4 is 17.8 Å². The van der Waals surface area contributed by atoms with Crippen LogP contribution in [0.4, 0.5) is 0 Å². The van der Waals surface area contributed by atoms with Crippen molar-refractivity contribution in [1.29, 1.82) is 0 Å². The summed E-state index contributed by atoms with van der Waals surface area (Å²) in [7, 11) is 0. The minimum absolute atomic E-state index is 0.171. The molecule has 2 aliphatic heterocycles. The van der Waals surface area contributed by atoms with Crippen LogP contribution in [-0.2, 0) is 16.0 Å². The third-order valence-corrected chi connectivity index (χ3v) is 5.48. The highest BCUT2D eigenvalue weighted by Gasteiger charge is 2.28. The number of carbonyl (C=O) groups is 3. The molecule has 1 saturated heterocycles. The van der Waals surface area contributed by atoms with Gasteiger partial charge in [0.2, 0.25) is 5.91 Å². The molecule has 0 radical (unpaired) electrons. The van der Waals surface area contributed by atoms with Crippen LogP contribution in [-0.4, -0.2) is 42.3 Å². The number of fused-ring (bicyclic) bond motifs is 1. The lowest BCUT2D eigenvalue weighted by atomic mass is 9.93. The maximum atomic E-state index is 12.5. The second-order valence-corrected chi connectivity index (χ2v) is 7.47. The molecule has 1 N–H and O–H groups in total. The minimum Gasteiger partial charge on any atom is -0.454 e. The van der Waals surface area contributed by atoms with E-state index in [-0.39, 0.29) is 23.9 Å². The SMILES string of the molecule is O=C(NCCCN1CCCC1=O)c1ccc2c(c1)CC(c1ccccc1)OC2=O. The van der Waals surface area contributed by atoms with Crippen molar-refractivity contribution < 1.29 is 19.1 Å². The first kappa shape index (κ1) is 19.2. The maximum absolute atomic E-state index is 12.5. The highest BCUT2D eigenvalue weighted by molar-refractivity contribution is 5.97. The Hall–Kier alpha value is -3.15. The summed E-state index contributed by atoms with van der Waals surface area (Å²) in [5.74, 6) is -0.330. The number of benzene rings is 2. The van der Waals surface area contributed by atoms with Crippen molar-refractivity contribution in [2.45, 2.75) is 31.8 Å². The molecule has 6 heteroatoms. The monoisotopic (exact) mass is 392 g/mol. The second kappa shape index (κ2) is 8.47. The number of carbonyl (C=O) groups excluding carboxylic acids is 3. The van der Waals surface area contributed by atoms with Crippen molar-refractivity contribution in [3.8, 4) is 0 Å². The number of nitrogens with one attached hydrogen (secondary N) is 1. The van der Waals surface area contributed by atoms with Gasteiger partial charge in [0.1, 0.15) is 6.10 Å². The number of amides is 2. The van der Waals surface area contributed by atoms with Crippen molar-refractivity contribution in [2.24, 2.45) is 0 Å². The molecule has 29 heavy (non-hydrogen) atoms. The molecule has 150 valence electrons. The van der Waals surface area contributed by atoms with Crippen molar-refractivity contribution in [3.05, 3.63) is 70.8 Å². The van der Waals surface area contributed by atoms with Crippen LogP contribution in [0, 0.1) is 0 Å². The molecule has 0 aliphatic carbocycles. The van der Waals surface area contributed by atoms with Crippen LogP contribution in [0.3, 0.4) is 0 Å². The molecule has 2 aliphatic rings. The Bertz CT molecular complexity index is 926. The standard InChI is InChI=1S/C23H24N2O4/c26-21-8-4-12-25(21)13-5-11-24-22(27)17-9-10-19-18(14-17)15-20(29-23(19)28)16-6-2-1-3-7-16/h1-3,6-7,9-10,14,20H,4-5,8,11-13,15H2,(H,24,27). The van der Waals surface area contributed by atoms with Gasteiger partial charge in [0.05, 0.1) is 5.56 Å². The summed E-state index contributed by atoms with van der Waals surface area (Å²) in [6.07, 6.45) is 2.49. The van der Waals surface area contributed by atoms with Crippen molar-refractivity contribution in [3.63, 3.8) is 0 Å². The molecule has 1 fully saturated rings. The molecule has 2 amide bonds. The first-order valence-corrected chi connectivity index (χ1v) is 10.1. The number of nitrogens with zero attached hydrogens (tertiary/aromatic N) is 1. The van der Waals surface area contributed by atoms with Gasteiger partial charge in [-0.1, -0.05) is 30.3 Å². The van der Waals surface area contributed by atoms with E-state index in [2.05, 4.69) is 5.32 Å². The highest BCUT2D eigenvalue weighted by atomic mass is 16.5. The van der Waals surface area contributed by atoms with E-state index in [9.17, 15) is 14.4 Å². The number of likely N-dealkylation sites (tertiary alicyclic amines) is 1. The highest BCUT2D eigenvalue weighted by Crippen LogP contribution is 2.31. The maximum Gasteiger partial charge on any atom is 0.339 e. The molecule has 2 aromatic rings. The summed E-state index contributed by atoms with van der Waals surface area (Å²) in [5, 5.41) is 2.91. The number of cyclic esters (lactones) is 1. The van der Waals surface area contributed by atoms with Crippen LogP contribution >= 0.6 is 0 Å². The normalized spacial score (nSPS) is 18.3. The molecule has 1 unspecified atom stereocenters. The molecule has 0 spiro atoms. The minimum atomic E-state index is -0.359. The molecule has 0 saturated carbocycles. The summed E-state index contributed by atoms with van der Waals surface area (Å²) < 4.78 is 5.56. The van der Waals surface area contributed by atoms with E-state index in [0.717, 1.165) is 30.5 Å². The van der Waals surface area contributed by atoms with Crippen LogP contribution < -0.4 is 5.32 Å². The van der Waals surface area contributed by atoms with Gasteiger partial charge >= 0.3 is 5.97 Å². The molecule has 0 aromatic heterocycles. The molecule has 4 rings (SSSR count). The fourth-order valence-corrected chi connectivity index (χ4v) is 3.91. The first-order valence-electron chi connectivity index (χ1n) is 10.1. The number of ether oxygens (including phenoxy) is 1. The van der Waals surface area contributed by atoms with Gasteiger partial charge in [-0.05, 0) is 42.2 Å². The summed E-state index contributed by atoms with van der Waals surface area (Å²) in [4.78, 5) is 38.3. The zero-order valence-corrected chi connectivity index (χ0v) is 16.2. The summed E-state index contributed by atoms with van der Waals surface area (Å²) >= 11 is 0. The summed E-state index contributed by atoms with van der Waals surface area (Å²) in [6, 6.07) is 14.7. The fourth-order valence-electron chi connectivity index (χ4n) is 3.91. The molecule has 6 nitrogen and oxygen atoms in total. The number of rotatable bonds is 6. The Morgan fingerprint density at radius 2 is 1.97 bits per heavy atom. The molecular weight excluding hydrogens is 368 g/mol. The quantitative estimate of drug-likeness (QED) is 0.606. The van der Waals surface area contributed by atoms with E-state index in [1.54, 1.807) is 18.2 Å². The van der Waals surface area contributed by atoms with Crippen LogP contribution in [0.2, 0.25) is 0 Å². The van der Waals surface area contributed by atoms with Gasteiger partial charge in [-0.3, -0.25) is 9.59 Å². The smallest absolute Gasteiger partial charge is 0.339 e. The van der Waals surface area contributed by atoms with Crippen molar-refractivity contribution in [2.75, 3.05) is 19.6 Å². The molecule has 2 aromatic carbocycles. The van der Waals surface area contributed by atoms with E-state index in [1.807, 2.05) is 35.2 Å². The van der Waals surface area contributed by atoms with Crippen LogP contribution in [0.1, 0.15) is 57.2 Å². The zero-order valence-electron chi connectivity index (χ0n) is 16.2. The van der Waals surface area contributed by atoms with E-state index < -0.39 is 0 Å². The fraction of sp³-hybridized carbons (Fsp3) is 0.348. The average molecular weight is 392 g/mol. The third kappa shape index (κ3) is 4.31. The van der Waals surface area contributed by atoms with Gasteiger partial charge in [-0.25, -0.2) is 4.79 Å². The third-order valence-electron chi connectivity index (χ3n) is 5.48. The molecular formula is C23H24N2O4. The lowest BCUT2D eigenvalue weighted by Crippen LogP contribution is -2.31. The van der Waals surface area contributed by atoms with Crippen molar-refractivity contribution in [1.82, 2.24) is 10.2 Å². The second-order valence-electron chi connectivity index (χ2n) is 7.47. The lowest BCUT2D eigenvalue weighted by Gasteiger charge is -2.25. The van der Waals surface area contributed by atoms with E-state index in [0.29, 0.717) is 37.1 Å². The van der Waals surface area contributed by atoms with Gasteiger partial charge in [0.25, 0.3) is 5.91 Å².